The van der Waals surface area contributed by atoms with Crippen LogP contribution in [0.4, 0.5) is 0 Å². The molecule has 0 bridgehead atoms. The number of aryl methyl sites for hydroxylation is 1. The monoisotopic (exact) mass is 276 g/mol. The highest BCUT2D eigenvalue weighted by Crippen LogP contribution is 2.45. The Kier molecular flexibility index (Phi) is 3.03. The van der Waals surface area contributed by atoms with Crippen molar-refractivity contribution < 1.29 is 9.84 Å². The van der Waals surface area contributed by atoms with Gasteiger partial charge < -0.3 is 9.84 Å². The number of aromatic hydroxyl groups is 1. The molecule has 0 aliphatic heterocycles. The predicted octanol–water partition coefficient (Wildman–Crippen LogP) is 3.81. The van der Waals surface area contributed by atoms with Crippen molar-refractivity contribution in [1.82, 2.24) is 10.2 Å². The van der Waals surface area contributed by atoms with Crippen LogP contribution in [0.2, 0.25) is 5.15 Å². The van der Waals surface area contributed by atoms with Crippen molar-refractivity contribution in [2.75, 3.05) is 0 Å². The molecule has 1 aliphatic carbocycles. The Labute approximate surface area is 116 Å². The third kappa shape index (κ3) is 2.63. The van der Waals surface area contributed by atoms with Crippen molar-refractivity contribution in [1.29, 1.82) is 0 Å². The molecule has 1 N–H and O–H groups in total. The second-order valence-corrected chi connectivity index (χ2v) is 5.16. The largest absolute Gasteiger partial charge is 0.503 e. The molecule has 19 heavy (non-hydrogen) atoms. The normalized spacial score (nSPS) is 14.4. The zero-order chi connectivity index (χ0) is 13.4. The molecule has 1 heterocycles. The van der Waals surface area contributed by atoms with E-state index < -0.39 is 0 Å². The Morgan fingerprint density at radius 1 is 1.26 bits per heavy atom. The van der Waals surface area contributed by atoms with Crippen molar-refractivity contribution >= 4 is 11.6 Å². The Bertz CT molecular complexity index is 627. The number of ether oxygens (including phenoxy) is 1. The standard InChI is InChI=1S/C14H13ClN2O2/c1-8-2-5-12(10(6-8)9-3-4-9)19-14-11(18)7-13(15)16-17-14/h2,5-7,9H,3-4H2,1H3,(H,16,18). The van der Waals surface area contributed by atoms with Gasteiger partial charge in [0.05, 0.1) is 0 Å². The third-order valence-electron chi connectivity index (χ3n) is 3.10. The van der Waals surface area contributed by atoms with Crippen molar-refractivity contribution in [2.45, 2.75) is 25.7 Å². The van der Waals surface area contributed by atoms with Gasteiger partial charge >= 0.3 is 0 Å². The molecule has 1 fully saturated rings. The van der Waals surface area contributed by atoms with Crippen molar-refractivity contribution in [3.05, 3.63) is 40.5 Å². The summed E-state index contributed by atoms with van der Waals surface area (Å²) in [5.74, 6) is 1.25. The molecule has 2 aromatic rings. The number of nitrogens with zero attached hydrogens (tertiary/aromatic N) is 2. The van der Waals surface area contributed by atoms with Gasteiger partial charge in [-0.05, 0) is 37.3 Å². The second-order valence-electron chi connectivity index (χ2n) is 4.78. The first kappa shape index (κ1) is 12.2. The lowest BCUT2D eigenvalue weighted by Crippen LogP contribution is -1.95. The minimum absolute atomic E-state index is 0.0788. The molecule has 3 rings (SSSR count). The second kappa shape index (κ2) is 4.70. The van der Waals surface area contributed by atoms with Gasteiger partial charge in [0.25, 0.3) is 5.88 Å². The number of hydrogen-bond acceptors (Lipinski definition) is 4. The highest BCUT2D eigenvalue weighted by Gasteiger charge is 2.27. The molecule has 4 nitrogen and oxygen atoms in total. The van der Waals surface area contributed by atoms with Crippen LogP contribution in [-0.4, -0.2) is 15.3 Å². The van der Waals surface area contributed by atoms with E-state index in [1.54, 1.807) is 0 Å². The zero-order valence-electron chi connectivity index (χ0n) is 10.4. The molecule has 1 aromatic carbocycles. The summed E-state index contributed by atoms with van der Waals surface area (Å²) in [6.45, 7) is 2.05. The molecule has 0 amide bonds. The quantitative estimate of drug-likeness (QED) is 0.926. The molecule has 0 unspecified atom stereocenters. The Hall–Kier alpha value is -1.81. The van der Waals surface area contributed by atoms with E-state index >= 15 is 0 Å². The van der Waals surface area contributed by atoms with Crippen LogP contribution in [0.15, 0.2) is 24.3 Å². The van der Waals surface area contributed by atoms with Crippen LogP contribution in [0, 0.1) is 6.92 Å². The summed E-state index contributed by atoms with van der Waals surface area (Å²) in [6.07, 6.45) is 2.36. The lowest BCUT2D eigenvalue weighted by molar-refractivity contribution is 0.389. The fourth-order valence-corrected chi connectivity index (χ4v) is 2.14. The maximum absolute atomic E-state index is 9.74. The Balaban J connectivity index is 1.94. The summed E-state index contributed by atoms with van der Waals surface area (Å²) >= 11 is 5.64. The average molecular weight is 277 g/mol. The first-order valence-electron chi connectivity index (χ1n) is 6.14. The van der Waals surface area contributed by atoms with Gasteiger partial charge in [0, 0.05) is 6.07 Å². The molecule has 98 valence electrons. The van der Waals surface area contributed by atoms with E-state index in [2.05, 4.69) is 23.2 Å². The Morgan fingerprint density at radius 2 is 2.05 bits per heavy atom. The van der Waals surface area contributed by atoms with Crippen LogP contribution in [0.25, 0.3) is 0 Å². The average Bonchev–Trinajstić information content (AvgIpc) is 3.18. The van der Waals surface area contributed by atoms with Crippen LogP contribution < -0.4 is 4.74 Å². The van der Waals surface area contributed by atoms with E-state index in [4.69, 9.17) is 16.3 Å². The fourth-order valence-electron chi connectivity index (χ4n) is 2.00. The molecule has 1 aliphatic rings. The highest BCUT2D eigenvalue weighted by molar-refractivity contribution is 6.29. The highest BCUT2D eigenvalue weighted by atomic mass is 35.5. The van der Waals surface area contributed by atoms with Crippen LogP contribution in [-0.2, 0) is 0 Å². The summed E-state index contributed by atoms with van der Waals surface area (Å²) in [7, 11) is 0. The summed E-state index contributed by atoms with van der Waals surface area (Å²) in [5, 5.41) is 17.3. The number of halogens is 1. The van der Waals surface area contributed by atoms with E-state index in [0.29, 0.717) is 5.92 Å². The van der Waals surface area contributed by atoms with Gasteiger partial charge in [-0.25, -0.2) is 0 Å². The van der Waals surface area contributed by atoms with Crippen LogP contribution in [0.5, 0.6) is 17.4 Å². The maximum atomic E-state index is 9.74. The molecule has 0 saturated heterocycles. The molecule has 5 heteroatoms. The minimum Gasteiger partial charge on any atom is -0.503 e. The van der Waals surface area contributed by atoms with Crippen molar-refractivity contribution in [3.8, 4) is 17.4 Å². The smallest absolute Gasteiger partial charge is 0.281 e. The molecule has 1 aromatic heterocycles. The number of benzene rings is 1. The first-order chi connectivity index (χ1) is 9.13. The van der Waals surface area contributed by atoms with Gasteiger partial charge in [-0.3, -0.25) is 0 Å². The van der Waals surface area contributed by atoms with Crippen LogP contribution in [0.1, 0.15) is 29.9 Å². The first-order valence-corrected chi connectivity index (χ1v) is 6.52. The molecular formula is C14H13ClN2O2. The van der Waals surface area contributed by atoms with Crippen molar-refractivity contribution in [2.24, 2.45) is 0 Å². The summed E-state index contributed by atoms with van der Waals surface area (Å²) in [4.78, 5) is 0. The van der Waals surface area contributed by atoms with E-state index in [9.17, 15) is 5.11 Å². The van der Waals surface area contributed by atoms with Gasteiger partial charge in [0.15, 0.2) is 10.9 Å². The van der Waals surface area contributed by atoms with Gasteiger partial charge in [-0.2, -0.15) is 0 Å². The summed E-state index contributed by atoms with van der Waals surface area (Å²) < 4.78 is 5.67. The van der Waals surface area contributed by atoms with E-state index in [1.165, 1.54) is 24.5 Å². The number of aromatic nitrogens is 2. The van der Waals surface area contributed by atoms with E-state index in [0.717, 1.165) is 11.3 Å². The summed E-state index contributed by atoms with van der Waals surface area (Å²) in [5.41, 5.74) is 2.36. The lowest BCUT2D eigenvalue weighted by Gasteiger charge is -2.11. The lowest BCUT2D eigenvalue weighted by atomic mass is 10.1. The van der Waals surface area contributed by atoms with Crippen molar-refractivity contribution in [3.63, 3.8) is 0 Å². The zero-order valence-corrected chi connectivity index (χ0v) is 11.2. The van der Waals surface area contributed by atoms with Gasteiger partial charge in [-0.1, -0.05) is 29.3 Å². The Morgan fingerprint density at radius 3 is 2.74 bits per heavy atom. The van der Waals surface area contributed by atoms with Gasteiger partial charge in [0.1, 0.15) is 5.75 Å². The molecule has 0 spiro atoms. The predicted molar refractivity (Wildman–Crippen MR) is 71.9 cm³/mol. The number of hydrogen-bond donors (Lipinski definition) is 1. The molecule has 1 saturated carbocycles. The van der Waals surface area contributed by atoms with Gasteiger partial charge in [0.2, 0.25) is 0 Å². The van der Waals surface area contributed by atoms with Crippen LogP contribution in [0.3, 0.4) is 0 Å². The SMILES string of the molecule is Cc1ccc(Oc2nnc(Cl)cc2O)c(C2CC2)c1. The van der Waals surface area contributed by atoms with E-state index in [1.807, 2.05) is 12.1 Å². The summed E-state index contributed by atoms with van der Waals surface area (Å²) in [6, 6.07) is 7.31. The maximum Gasteiger partial charge on any atom is 0.281 e. The molecule has 0 atom stereocenters. The third-order valence-corrected chi connectivity index (χ3v) is 3.29. The molecular weight excluding hydrogens is 264 g/mol. The van der Waals surface area contributed by atoms with E-state index in [-0.39, 0.29) is 16.8 Å². The number of rotatable bonds is 3. The molecule has 0 radical (unpaired) electrons. The minimum atomic E-state index is -0.109. The van der Waals surface area contributed by atoms with Gasteiger partial charge in [-0.15, -0.1) is 10.2 Å². The van der Waals surface area contributed by atoms with Crippen LogP contribution >= 0.6 is 11.6 Å². The fraction of sp³-hybridized carbons (Fsp3) is 0.286. The topological polar surface area (TPSA) is 55.2 Å².